The minimum atomic E-state index is -3.35. The minimum Gasteiger partial charge on any atom is -0.343 e. The van der Waals surface area contributed by atoms with Crippen LogP contribution in [0, 0.1) is 0 Å². The molecular weight excluding hydrogens is 456 g/mol. The van der Waals surface area contributed by atoms with E-state index in [9.17, 15) is 22.8 Å². The summed E-state index contributed by atoms with van der Waals surface area (Å²) in [5.41, 5.74) is 0.969. The molecule has 1 aromatic rings. The molecule has 1 aromatic carbocycles. The number of carbonyl (C=O) groups is 3. The molecule has 2 saturated heterocycles. The van der Waals surface area contributed by atoms with Gasteiger partial charge in [-0.15, -0.1) is 0 Å². The van der Waals surface area contributed by atoms with Gasteiger partial charge in [0.25, 0.3) is 5.91 Å². The van der Waals surface area contributed by atoms with E-state index in [2.05, 4.69) is 0 Å². The molecule has 9 nitrogen and oxygen atoms in total. The van der Waals surface area contributed by atoms with Crippen molar-refractivity contribution in [1.82, 2.24) is 19.0 Å². The Balaban J connectivity index is 1.51. The number of hydrogen-bond acceptors (Lipinski definition) is 5. The van der Waals surface area contributed by atoms with Crippen molar-refractivity contribution in [3.63, 3.8) is 0 Å². The van der Waals surface area contributed by atoms with Crippen LogP contribution in [0.1, 0.15) is 56.0 Å². The summed E-state index contributed by atoms with van der Waals surface area (Å²) in [5.74, 6) is -0.132. The summed E-state index contributed by atoms with van der Waals surface area (Å²) in [4.78, 5) is 44.0. The minimum absolute atomic E-state index is 0.00144. The van der Waals surface area contributed by atoms with Crippen LogP contribution in [0.4, 0.5) is 0 Å². The normalized spacial score (nSPS) is 21.2. The molecule has 0 unspecified atom stereocenters. The molecule has 0 bridgehead atoms. The summed E-state index contributed by atoms with van der Waals surface area (Å²) >= 11 is 0. The first kappa shape index (κ1) is 24.7. The Morgan fingerprint density at radius 3 is 2.15 bits per heavy atom. The fourth-order valence-electron chi connectivity index (χ4n) is 5.30. The van der Waals surface area contributed by atoms with Gasteiger partial charge in [-0.05, 0) is 38.3 Å². The average molecular weight is 491 g/mol. The third kappa shape index (κ3) is 4.45. The molecule has 3 amide bonds. The number of piperazine rings is 1. The monoisotopic (exact) mass is 490 g/mol. The molecule has 34 heavy (non-hydrogen) atoms. The molecule has 0 aromatic heterocycles. The predicted molar refractivity (Wildman–Crippen MR) is 127 cm³/mol. The molecule has 2 fully saturated rings. The zero-order valence-corrected chi connectivity index (χ0v) is 21.0. The van der Waals surface area contributed by atoms with Crippen LogP contribution in [0.3, 0.4) is 0 Å². The van der Waals surface area contributed by atoms with Gasteiger partial charge in [-0.2, -0.15) is 4.31 Å². The largest absolute Gasteiger partial charge is 0.343 e. The van der Waals surface area contributed by atoms with Crippen molar-refractivity contribution in [1.29, 1.82) is 0 Å². The molecule has 0 N–H and O–H groups in total. The zero-order valence-electron chi connectivity index (χ0n) is 20.2. The van der Waals surface area contributed by atoms with Gasteiger partial charge in [-0.25, -0.2) is 8.42 Å². The van der Waals surface area contributed by atoms with Crippen LogP contribution in [0.2, 0.25) is 0 Å². The van der Waals surface area contributed by atoms with Gasteiger partial charge in [0.2, 0.25) is 21.8 Å². The van der Waals surface area contributed by atoms with Crippen LogP contribution in [0.25, 0.3) is 0 Å². The number of fused-ring (bicyclic) bond motifs is 1. The predicted octanol–water partition coefficient (Wildman–Crippen LogP) is 1.30. The number of rotatable bonds is 5. The van der Waals surface area contributed by atoms with Crippen molar-refractivity contribution in [2.24, 2.45) is 0 Å². The summed E-state index contributed by atoms with van der Waals surface area (Å²) in [6.45, 7) is 7.58. The van der Waals surface area contributed by atoms with Gasteiger partial charge in [0, 0.05) is 58.3 Å². The van der Waals surface area contributed by atoms with Crippen molar-refractivity contribution >= 4 is 27.7 Å². The number of piperidine rings is 1. The van der Waals surface area contributed by atoms with Gasteiger partial charge in [0.1, 0.15) is 0 Å². The Morgan fingerprint density at radius 2 is 1.59 bits per heavy atom. The summed E-state index contributed by atoms with van der Waals surface area (Å²) in [6.07, 6.45) is 1.26. The van der Waals surface area contributed by atoms with Gasteiger partial charge in [0.05, 0.1) is 17.2 Å². The molecule has 3 aliphatic rings. The molecular formula is C24H34N4O5S. The Morgan fingerprint density at radius 1 is 0.971 bits per heavy atom. The lowest BCUT2D eigenvalue weighted by Crippen LogP contribution is -2.59. The molecule has 186 valence electrons. The van der Waals surface area contributed by atoms with Crippen LogP contribution in [-0.4, -0.2) is 95.2 Å². The van der Waals surface area contributed by atoms with E-state index in [1.807, 2.05) is 29.2 Å². The first-order chi connectivity index (χ1) is 16.0. The quantitative estimate of drug-likeness (QED) is 0.620. The van der Waals surface area contributed by atoms with Gasteiger partial charge in [0.15, 0.2) is 0 Å². The van der Waals surface area contributed by atoms with Crippen molar-refractivity contribution < 1.29 is 22.8 Å². The Hall–Kier alpha value is -2.46. The summed E-state index contributed by atoms with van der Waals surface area (Å²) in [6, 6.07) is 7.53. The highest BCUT2D eigenvalue weighted by molar-refractivity contribution is 7.89. The lowest BCUT2D eigenvalue weighted by Gasteiger charge is -2.48. The van der Waals surface area contributed by atoms with E-state index in [1.54, 1.807) is 30.6 Å². The Kier molecular flexibility index (Phi) is 6.74. The molecule has 0 atom stereocenters. The van der Waals surface area contributed by atoms with E-state index in [4.69, 9.17) is 0 Å². The summed E-state index contributed by atoms with van der Waals surface area (Å²) in [5, 5.41) is -0.493. The fraction of sp³-hybridized carbons (Fsp3) is 0.625. The molecule has 0 saturated carbocycles. The van der Waals surface area contributed by atoms with E-state index in [0.717, 1.165) is 5.56 Å². The number of amides is 3. The van der Waals surface area contributed by atoms with Crippen molar-refractivity contribution in [3.05, 3.63) is 35.4 Å². The van der Waals surface area contributed by atoms with Crippen LogP contribution in [0.15, 0.2) is 24.3 Å². The number of benzene rings is 1. The van der Waals surface area contributed by atoms with Crippen molar-refractivity contribution in [2.75, 3.05) is 39.3 Å². The van der Waals surface area contributed by atoms with E-state index in [1.165, 1.54) is 4.31 Å². The van der Waals surface area contributed by atoms with Crippen LogP contribution >= 0.6 is 0 Å². The third-order valence-electron chi connectivity index (χ3n) is 7.56. The second-order valence-corrected chi connectivity index (χ2v) is 12.3. The molecule has 10 heteroatoms. The zero-order chi connectivity index (χ0) is 24.7. The summed E-state index contributed by atoms with van der Waals surface area (Å²) < 4.78 is 26.4. The number of sulfonamides is 1. The number of carbonyl (C=O) groups excluding carboxylic acids is 3. The maximum absolute atomic E-state index is 13.5. The van der Waals surface area contributed by atoms with Crippen LogP contribution < -0.4 is 0 Å². The Bertz CT molecular complexity index is 1070. The van der Waals surface area contributed by atoms with Gasteiger partial charge >= 0.3 is 0 Å². The second kappa shape index (κ2) is 9.30. The highest BCUT2D eigenvalue weighted by atomic mass is 32.2. The molecule has 3 heterocycles. The lowest BCUT2D eigenvalue weighted by molar-refractivity contribution is -0.137. The fourth-order valence-corrected chi connectivity index (χ4v) is 6.57. The molecule has 0 radical (unpaired) electrons. The van der Waals surface area contributed by atoms with Crippen LogP contribution in [-0.2, 0) is 26.2 Å². The van der Waals surface area contributed by atoms with Crippen molar-refractivity contribution in [3.8, 4) is 0 Å². The molecule has 3 aliphatic heterocycles. The van der Waals surface area contributed by atoms with Gasteiger partial charge in [-0.3, -0.25) is 14.4 Å². The topological polar surface area (TPSA) is 98.3 Å². The van der Waals surface area contributed by atoms with Crippen molar-refractivity contribution in [2.45, 2.75) is 57.4 Å². The smallest absolute Gasteiger partial charge is 0.254 e. The number of hydrogen-bond donors (Lipinski definition) is 0. The van der Waals surface area contributed by atoms with Gasteiger partial charge in [-0.1, -0.05) is 18.2 Å². The van der Waals surface area contributed by atoms with Gasteiger partial charge < -0.3 is 14.7 Å². The van der Waals surface area contributed by atoms with E-state index in [0.29, 0.717) is 51.1 Å². The first-order valence-corrected chi connectivity index (χ1v) is 13.5. The molecule has 0 spiro atoms. The third-order valence-corrected chi connectivity index (χ3v) is 9.84. The standard InChI is InChI=1S/C24H34N4O5S/c1-18(2)34(32,33)27-14-12-26(13-15-27)22(30)16-24(8-10-25(11-9-24)19(3)29)28-17-20-6-4-5-7-21(20)23(28)31/h4-7,18H,8-17H2,1-3H3. The van der Waals surface area contributed by atoms with Crippen LogP contribution in [0.5, 0.6) is 0 Å². The number of nitrogens with zero attached hydrogens (tertiary/aromatic N) is 4. The highest BCUT2D eigenvalue weighted by Crippen LogP contribution is 2.39. The summed E-state index contributed by atoms with van der Waals surface area (Å²) in [7, 11) is -3.35. The highest BCUT2D eigenvalue weighted by Gasteiger charge is 2.48. The second-order valence-electron chi connectivity index (χ2n) is 9.83. The van der Waals surface area contributed by atoms with E-state index < -0.39 is 20.8 Å². The maximum atomic E-state index is 13.5. The maximum Gasteiger partial charge on any atom is 0.254 e. The lowest BCUT2D eigenvalue weighted by atomic mass is 9.82. The molecule has 0 aliphatic carbocycles. The number of likely N-dealkylation sites (tertiary alicyclic amines) is 1. The first-order valence-electron chi connectivity index (χ1n) is 12.0. The Labute approximate surface area is 201 Å². The average Bonchev–Trinajstić information content (AvgIpc) is 3.16. The van der Waals surface area contributed by atoms with E-state index >= 15 is 0 Å². The van der Waals surface area contributed by atoms with E-state index in [-0.39, 0.29) is 37.2 Å². The SMILES string of the molecule is CC(=O)N1CCC(CC(=O)N2CCN(S(=O)(=O)C(C)C)CC2)(N2Cc3ccccc3C2=O)CC1. The molecule has 4 rings (SSSR count).